The molecule has 0 bridgehead atoms. The molecule has 0 saturated heterocycles. The Kier molecular flexibility index (Phi) is 5.37. The SMILES string of the molecule is CC(C)[C@@H](NC(=O)/C=C/c1ccc(Cl)s1)C(=O)O. The van der Waals surface area contributed by atoms with Gasteiger partial charge in [-0.25, -0.2) is 4.79 Å². The minimum atomic E-state index is -1.04. The third kappa shape index (κ3) is 4.50. The molecule has 2 N–H and O–H groups in total. The lowest BCUT2D eigenvalue weighted by atomic mass is 10.0. The Labute approximate surface area is 114 Å². The lowest BCUT2D eigenvalue weighted by molar-refractivity contribution is -0.142. The Morgan fingerprint density at radius 1 is 1.44 bits per heavy atom. The van der Waals surface area contributed by atoms with Crippen LogP contribution in [-0.2, 0) is 9.59 Å². The molecule has 0 aliphatic heterocycles. The zero-order chi connectivity index (χ0) is 13.7. The van der Waals surface area contributed by atoms with E-state index in [1.54, 1.807) is 32.1 Å². The second kappa shape index (κ2) is 6.56. The van der Waals surface area contributed by atoms with E-state index in [1.165, 1.54) is 17.4 Å². The van der Waals surface area contributed by atoms with Gasteiger partial charge in [0.2, 0.25) is 5.91 Å². The first-order chi connectivity index (χ1) is 8.40. The highest BCUT2D eigenvalue weighted by Crippen LogP contribution is 2.22. The van der Waals surface area contributed by atoms with E-state index in [4.69, 9.17) is 16.7 Å². The van der Waals surface area contributed by atoms with E-state index in [2.05, 4.69) is 5.32 Å². The molecule has 0 unspecified atom stereocenters. The topological polar surface area (TPSA) is 66.4 Å². The average molecular weight is 288 g/mol. The third-order valence-electron chi connectivity index (χ3n) is 2.22. The van der Waals surface area contributed by atoms with Crippen molar-refractivity contribution in [3.05, 3.63) is 27.4 Å². The first kappa shape index (κ1) is 14.7. The van der Waals surface area contributed by atoms with Crippen molar-refractivity contribution in [3.63, 3.8) is 0 Å². The minimum Gasteiger partial charge on any atom is -0.480 e. The summed E-state index contributed by atoms with van der Waals surface area (Å²) in [5, 5.41) is 11.4. The summed E-state index contributed by atoms with van der Waals surface area (Å²) >= 11 is 7.09. The predicted molar refractivity (Wildman–Crippen MR) is 72.8 cm³/mol. The van der Waals surface area contributed by atoms with Gasteiger partial charge in [-0.2, -0.15) is 0 Å². The van der Waals surface area contributed by atoms with Crippen LogP contribution in [0.4, 0.5) is 0 Å². The fourth-order valence-corrected chi connectivity index (χ4v) is 2.25. The van der Waals surface area contributed by atoms with Gasteiger partial charge < -0.3 is 10.4 Å². The summed E-state index contributed by atoms with van der Waals surface area (Å²) in [6.45, 7) is 3.48. The van der Waals surface area contributed by atoms with Crippen LogP contribution in [0.5, 0.6) is 0 Å². The van der Waals surface area contributed by atoms with Crippen LogP contribution in [0.1, 0.15) is 18.7 Å². The number of aliphatic carboxylic acids is 1. The lowest BCUT2D eigenvalue weighted by Gasteiger charge is -2.16. The van der Waals surface area contributed by atoms with E-state index >= 15 is 0 Å². The van der Waals surface area contributed by atoms with Gasteiger partial charge in [0.1, 0.15) is 6.04 Å². The van der Waals surface area contributed by atoms with E-state index in [1.807, 2.05) is 0 Å². The van der Waals surface area contributed by atoms with Crippen molar-refractivity contribution in [2.75, 3.05) is 0 Å². The number of rotatable bonds is 5. The van der Waals surface area contributed by atoms with Crippen molar-refractivity contribution in [2.45, 2.75) is 19.9 Å². The number of amides is 1. The highest BCUT2D eigenvalue weighted by atomic mass is 35.5. The van der Waals surface area contributed by atoms with Crippen molar-refractivity contribution in [3.8, 4) is 0 Å². The smallest absolute Gasteiger partial charge is 0.326 e. The molecule has 1 atom stereocenters. The molecule has 0 radical (unpaired) electrons. The Balaban J connectivity index is 2.60. The third-order valence-corrected chi connectivity index (χ3v) is 3.42. The molecule has 1 amide bonds. The lowest BCUT2D eigenvalue weighted by Crippen LogP contribution is -2.43. The minimum absolute atomic E-state index is 0.170. The van der Waals surface area contributed by atoms with E-state index in [0.29, 0.717) is 4.34 Å². The van der Waals surface area contributed by atoms with Crippen LogP contribution in [0.2, 0.25) is 4.34 Å². The molecule has 0 aliphatic carbocycles. The van der Waals surface area contributed by atoms with Gasteiger partial charge >= 0.3 is 5.97 Å². The molecule has 0 fully saturated rings. The monoisotopic (exact) mass is 287 g/mol. The molecule has 1 aromatic heterocycles. The molecule has 1 aromatic rings. The molecule has 6 heteroatoms. The molecule has 1 rings (SSSR count). The Morgan fingerprint density at radius 2 is 2.11 bits per heavy atom. The largest absolute Gasteiger partial charge is 0.480 e. The van der Waals surface area contributed by atoms with E-state index in [0.717, 1.165) is 4.88 Å². The Morgan fingerprint density at radius 3 is 2.56 bits per heavy atom. The van der Waals surface area contributed by atoms with Crippen LogP contribution >= 0.6 is 22.9 Å². The maximum Gasteiger partial charge on any atom is 0.326 e. The summed E-state index contributed by atoms with van der Waals surface area (Å²) < 4.78 is 0.639. The normalized spacial score (nSPS) is 12.9. The van der Waals surface area contributed by atoms with Crippen molar-refractivity contribution in [2.24, 2.45) is 5.92 Å². The summed E-state index contributed by atoms with van der Waals surface area (Å²) in [6, 6.07) is 2.64. The van der Waals surface area contributed by atoms with Gasteiger partial charge in [-0.15, -0.1) is 11.3 Å². The van der Waals surface area contributed by atoms with Gasteiger partial charge in [-0.1, -0.05) is 25.4 Å². The van der Waals surface area contributed by atoms with Crippen LogP contribution in [-0.4, -0.2) is 23.0 Å². The maximum absolute atomic E-state index is 11.6. The molecule has 18 heavy (non-hydrogen) atoms. The quantitative estimate of drug-likeness (QED) is 0.818. The second-order valence-electron chi connectivity index (χ2n) is 4.04. The van der Waals surface area contributed by atoms with Gasteiger partial charge in [-0.05, 0) is 24.1 Å². The number of nitrogens with one attached hydrogen (secondary N) is 1. The molecule has 98 valence electrons. The van der Waals surface area contributed by atoms with Crippen molar-refractivity contribution in [1.29, 1.82) is 0 Å². The van der Waals surface area contributed by atoms with Crippen LogP contribution in [0.3, 0.4) is 0 Å². The summed E-state index contributed by atoms with van der Waals surface area (Å²) in [7, 11) is 0. The van der Waals surface area contributed by atoms with E-state index in [-0.39, 0.29) is 5.92 Å². The van der Waals surface area contributed by atoms with E-state index < -0.39 is 17.9 Å². The predicted octanol–water partition coefficient (Wildman–Crippen LogP) is 2.64. The molecular formula is C12H14ClNO3S. The van der Waals surface area contributed by atoms with Crippen LogP contribution in [0, 0.1) is 5.92 Å². The average Bonchev–Trinajstić information content (AvgIpc) is 2.68. The van der Waals surface area contributed by atoms with Gasteiger partial charge in [0.05, 0.1) is 4.34 Å². The number of carboxylic acid groups (broad SMARTS) is 1. The fourth-order valence-electron chi connectivity index (χ4n) is 1.29. The summed E-state index contributed by atoms with van der Waals surface area (Å²) in [4.78, 5) is 23.3. The molecule has 0 aromatic carbocycles. The molecule has 4 nitrogen and oxygen atoms in total. The van der Waals surface area contributed by atoms with Gasteiger partial charge in [-0.3, -0.25) is 4.79 Å². The summed E-state index contributed by atoms with van der Waals surface area (Å²) in [5.41, 5.74) is 0. The van der Waals surface area contributed by atoms with Crippen molar-refractivity contribution in [1.82, 2.24) is 5.32 Å². The van der Waals surface area contributed by atoms with Crippen LogP contribution in [0.15, 0.2) is 18.2 Å². The molecular weight excluding hydrogens is 274 g/mol. The van der Waals surface area contributed by atoms with Crippen LogP contribution in [0.25, 0.3) is 6.08 Å². The standard InChI is InChI=1S/C12H14ClNO3S/c1-7(2)11(12(16)17)14-10(15)6-4-8-3-5-9(13)18-8/h3-7,11H,1-2H3,(H,14,15)(H,16,17)/b6-4+/t11-/m1/s1. The number of carbonyl (C=O) groups excluding carboxylic acids is 1. The number of hydrogen-bond acceptors (Lipinski definition) is 3. The highest BCUT2D eigenvalue weighted by molar-refractivity contribution is 7.17. The fraction of sp³-hybridized carbons (Fsp3) is 0.333. The zero-order valence-electron chi connectivity index (χ0n) is 10.0. The van der Waals surface area contributed by atoms with Crippen molar-refractivity contribution >= 4 is 40.9 Å². The first-order valence-corrected chi connectivity index (χ1v) is 6.56. The summed E-state index contributed by atoms with van der Waals surface area (Å²) in [5.74, 6) is -1.64. The number of carbonyl (C=O) groups is 2. The van der Waals surface area contributed by atoms with Gasteiger partial charge in [0.25, 0.3) is 0 Å². The number of carboxylic acids is 1. The molecule has 0 aliphatic rings. The second-order valence-corrected chi connectivity index (χ2v) is 5.79. The number of thiophene rings is 1. The maximum atomic E-state index is 11.6. The van der Waals surface area contributed by atoms with E-state index in [9.17, 15) is 9.59 Å². The Hall–Kier alpha value is -1.33. The number of halogens is 1. The summed E-state index contributed by atoms with van der Waals surface area (Å²) in [6.07, 6.45) is 2.91. The zero-order valence-corrected chi connectivity index (χ0v) is 11.6. The van der Waals surface area contributed by atoms with Gasteiger partial charge in [0.15, 0.2) is 0 Å². The van der Waals surface area contributed by atoms with Crippen molar-refractivity contribution < 1.29 is 14.7 Å². The van der Waals surface area contributed by atoms with Gasteiger partial charge in [0, 0.05) is 11.0 Å². The molecule has 1 heterocycles. The Bertz CT molecular complexity index is 468. The first-order valence-electron chi connectivity index (χ1n) is 5.37. The molecule has 0 saturated carbocycles. The number of hydrogen-bond donors (Lipinski definition) is 2. The van der Waals surface area contributed by atoms with Crippen LogP contribution < -0.4 is 5.32 Å². The highest BCUT2D eigenvalue weighted by Gasteiger charge is 2.22. The molecule has 0 spiro atoms.